The number of carbonyl (C=O) groups excluding carboxylic acids is 1. The second-order valence-electron chi connectivity index (χ2n) is 3.82. The fraction of sp³-hybridized carbons (Fsp3) is 0.600. The molecule has 1 N–H and O–H groups in total. The number of anilines is 1. The molecule has 1 fully saturated rings. The van der Waals surface area contributed by atoms with Crippen LogP contribution in [-0.2, 0) is 4.79 Å². The number of aromatic nitrogens is 3. The van der Waals surface area contributed by atoms with Gasteiger partial charge in [-0.1, -0.05) is 0 Å². The fourth-order valence-corrected chi connectivity index (χ4v) is 1.66. The molecule has 0 saturated carbocycles. The van der Waals surface area contributed by atoms with Gasteiger partial charge in [0.1, 0.15) is 0 Å². The molecule has 0 unspecified atom stereocenters. The van der Waals surface area contributed by atoms with E-state index in [0.29, 0.717) is 19.0 Å². The molecule has 1 saturated heterocycles. The highest BCUT2D eigenvalue weighted by Gasteiger charge is 2.34. The highest BCUT2D eigenvalue weighted by molar-refractivity contribution is 5.81. The molecule has 0 radical (unpaired) electrons. The molecule has 0 aliphatic carbocycles. The largest absolute Gasteiger partial charge is 0.467 e. The Kier molecular flexibility index (Phi) is 3.45. The second-order valence-corrected chi connectivity index (χ2v) is 3.82. The van der Waals surface area contributed by atoms with E-state index in [1.165, 1.54) is 14.2 Å². The van der Waals surface area contributed by atoms with Gasteiger partial charge >= 0.3 is 12.0 Å². The number of nitrogens with one attached hydrogen (secondary N) is 1. The summed E-state index contributed by atoms with van der Waals surface area (Å²) >= 11 is 0. The van der Waals surface area contributed by atoms with Crippen molar-refractivity contribution in [2.24, 2.45) is 5.92 Å². The van der Waals surface area contributed by atoms with E-state index in [9.17, 15) is 4.79 Å². The molecule has 2 rings (SSSR count). The van der Waals surface area contributed by atoms with E-state index in [4.69, 9.17) is 9.47 Å². The van der Waals surface area contributed by atoms with E-state index < -0.39 is 0 Å². The molecule has 8 heteroatoms. The Morgan fingerprint density at radius 3 is 2.22 bits per heavy atom. The van der Waals surface area contributed by atoms with Crippen LogP contribution in [0.15, 0.2) is 0 Å². The molecule has 1 amide bonds. The van der Waals surface area contributed by atoms with Crippen molar-refractivity contribution < 1.29 is 14.3 Å². The lowest BCUT2D eigenvalue weighted by Gasteiger charge is -2.37. The van der Waals surface area contributed by atoms with Crippen LogP contribution in [0.25, 0.3) is 0 Å². The molecular formula is C10H15N5O3. The fourth-order valence-electron chi connectivity index (χ4n) is 1.66. The summed E-state index contributed by atoms with van der Waals surface area (Å²) in [6.07, 6.45) is 0. The maximum Gasteiger partial charge on any atom is 0.324 e. The van der Waals surface area contributed by atoms with Crippen LogP contribution in [0.3, 0.4) is 0 Å². The number of amides is 1. The van der Waals surface area contributed by atoms with Crippen LogP contribution < -0.4 is 19.7 Å². The Morgan fingerprint density at radius 2 is 1.78 bits per heavy atom. The van der Waals surface area contributed by atoms with Gasteiger partial charge in [0.05, 0.1) is 20.1 Å². The van der Waals surface area contributed by atoms with Crippen LogP contribution in [-0.4, -0.2) is 55.2 Å². The molecule has 98 valence electrons. The first-order valence-electron chi connectivity index (χ1n) is 5.48. The minimum Gasteiger partial charge on any atom is -0.467 e. The van der Waals surface area contributed by atoms with Gasteiger partial charge in [0.2, 0.25) is 11.9 Å². The quantitative estimate of drug-likeness (QED) is 0.741. The number of methoxy groups -OCH3 is 2. The lowest BCUT2D eigenvalue weighted by molar-refractivity contribution is -0.125. The maximum absolute atomic E-state index is 11.4. The van der Waals surface area contributed by atoms with Crippen LogP contribution in [0.4, 0.5) is 5.95 Å². The Labute approximate surface area is 104 Å². The van der Waals surface area contributed by atoms with Crippen molar-refractivity contribution in [1.29, 1.82) is 0 Å². The highest BCUT2D eigenvalue weighted by Crippen LogP contribution is 2.23. The summed E-state index contributed by atoms with van der Waals surface area (Å²) in [5.74, 6) is 0.460. The lowest BCUT2D eigenvalue weighted by atomic mass is 10.00. The molecule has 0 aromatic carbocycles. The van der Waals surface area contributed by atoms with Crippen molar-refractivity contribution in [3.8, 4) is 12.0 Å². The third-order valence-electron chi connectivity index (χ3n) is 2.73. The summed E-state index contributed by atoms with van der Waals surface area (Å²) in [6, 6.07) is 0.389. The van der Waals surface area contributed by atoms with Crippen molar-refractivity contribution in [2.45, 2.75) is 0 Å². The zero-order valence-corrected chi connectivity index (χ0v) is 10.5. The highest BCUT2D eigenvalue weighted by atomic mass is 16.5. The molecule has 1 aromatic heterocycles. The van der Waals surface area contributed by atoms with Gasteiger partial charge in [-0.3, -0.25) is 4.79 Å². The minimum absolute atomic E-state index is 0.0243. The van der Waals surface area contributed by atoms with Crippen molar-refractivity contribution in [3.05, 3.63) is 0 Å². The Bertz CT molecular complexity index is 425. The zero-order chi connectivity index (χ0) is 13.1. The molecule has 0 spiro atoms. The predicted octanol–water partition coefficient (Wildman–Crippen LogP) is -0.929. The predicted molar refractivity (Wildman–Crippen MR) is 62.7 cm³/mol. The van der Waals surface area contributed by atoms with Crippen LogP contribution >= 0.6 is 0 Å². The van der Waals surface area contributed by atoms with Crippen molar-refractivity contribution >= 4 is 11.9 Å². The van der Waals surface area contributed by atoms with Gasteiger partial charge in [-0.05, 0) is 0 Å². The Balaban J connectivity index is 2.09. The van der Waals surface area contributed by atoms with E-state index in [-0.39, 0.29) is 23.8 Å². The molecule has 8 nitrogen and oxygen atoms in total. The van der Waals surface area contributed by atoms with Gasteiger partial charge < -0.3 is 19.7 Å². The number of ether oxygens (including phenoxy) is 2. The van der Waals surface area contributed by atoms with E-state index in [0.717, 1.165) is 0 Å². The van der Waals surface area contributed by atoms with Crippen molar-refractivity contribution in [1.82, 2.24) is 20.3 Å². The van der Waals surface area contributed by atoms with Crippen LogP contribution in [0, 0.1) is 5.92 Å². The first-order chi connectivity index (χ1) is 8.67. The van der Waals surface area contributed by atoms with Crippen molar-refractivity contribution in [3.63, 3.8) is 0 Å². The third-order valence-corrected chi connectivity index (χ3v) is 2.73. The van der Waals surface area contributed by atoms with Gasteiger partial charge in [0.25, 0.3) is 0 Å². The standard InChI is InChI=1S/C10H15N5O3/c1-11-7(16)6-4-15(5-6)8-12-9(17-2)14-10(13-8)18-3/h6H,4-5H2,1-3H3,(H,11,16). The summed E-state index contributed by atoms with van der Waals surface area (Å²) in [6.45, 7) is 1.16. The molecule has 1 aliphatic rings. The first kappa shape index (κ1) is 12.3. The van der Waals surface area contributed by atoms with E-state index in [1.807, 2.05) is 4.90 Å². The van der Waals surface area contributed by atoms with Gasteiger partial charge in [-0.2, -0.15) is 9.97 Å². The monoisotopic (exact) mass is 253 g/mol. The van der Waals surface area contributed by atoms with Crippen LogP contribution in [0.5, 0.6) is 12.0 Å². The van der Waals surface area contributed by atoms with Gasteiger partial charge in [-0.15, -0.1) is 4.98 Å². The van der Waals surface area contributed by atoms with Gasteiger partial charge in [-0.25, -0.2) is 0 Å². The van der Waals surface area contributed by atoms with Crippen LogP contribution in [0.2, 0.25) is 0 Å². The summed E-state index contributed by atoms with van der Waals surface area (Å²) in [5.41, 5.74) is 0. The average molecular weight is 253 g/mol. The maximum atomic E-state index is 11.4. The van der Waals surface area contributed by atoms with Crippen molar-refractivity contribution in [2.75, 3.05) is 39.3 Å². The molecule has 18 heavy (non-hydrogen) atoms. The van der Waals surface area contributed by atoms with E-state index in [2.05, 4.69) is 20.3 Å². The number of nitrogens with zero attached hydrogens (tertiary/aromatic N) is 4. The smallest absolute Gasteiger partial charge is 0.324 e. The summed E-state index contributed by atoms with van der Waals surface area (Å²) in [5, 5.41) is 2.62. The molecule has 0 atom stereocenters. The van der Waals surface area contributed by atoms with Gasteiger partial charge in [0.15, 0.2) is 0 Å². The normalized spacial score (nSPS) is 14.9. The molecule has 2 heterocycles. The topological polar surface area (TPSA) is 89.5 Å². The van der Waals surface area contributed by atoms with E-state index in [1.54, 1.807) is 7.05 Å². The Hall–Kier alpha value is -2.12. The summed E-state index contributed by atoms with van der Waals surface area (Å²) in [4.78, 5) is 25.4. The molecular weight excluding hydrogens is 238 g/mol. The summed E-state index contributed by atoms with van der Waals surface area (Å²) < 4.78 is 9.93. The molecule has 1 aromatic rings. The first-order valence-corrected chi connectivity index (χ1v) is 5.48. The number of hydrogen-bond acceptors (Lipinski definition) is 7. The second kappa shape index (κ2) is 5.03. The summed E-state index contributed by atoms with van der Waals surface area (Å²) in [7, 11) is 4.57. The SMILES string of the molecule is CNC(=O)C1CN(c2nc(OC)nc(OC)n2)C1. The Morgan fingerprint density at radius 1 is 1.22 bits per heavy atom. The number of carbonyl (C=O) groups is 1. The zero-order valence-electron chi connectivity index (χ0n) is 10.5. The van der Waals surface area contributed by atoms with Gasteiger partial charge in [0, 0.05) is 20.1 Å². The minimum atomic E-state index is -0.0243. The van der Waals surface area contributed by atoms with E-state index >= 15 is 0 Å². The average Bonchev–Trinajstić information content (AvgIpc) is 2.36. The third kappa shape index (κ3) is 2.27. The number of rotatable bonds is 4. The molecule has 1 aliphatic heterocycles. The number of hydrogen-bond donors (Lipinski definition) is 1. The van der Waals surface area contributed by atoms with Crippen LogP contribution in [0.1, 0.15) is 0 Å². The molecule has 0 bridgehead atoms. The lowest BCUT2D eigenvalue weighted by Crippen LogP contribution is -2.53.